The van der Waals surface area contributed by atoms with Crippen molar-refractivity contribution < 1.29 is 9.59 Å². The molecule has 1 aromatic heterocycles. The van der Waals surface area contributed by atoms with Crippen molar-refractivity contribution in [3.63, 3.8) is 0 Å². The summed E-state index contributed by atoms with van der Waals surface area (Å²) in [7, 11) is 0. The van der Waals surface area contributed by atoms with Crippen LogP contribution >= 0.6 is 0 Å². The van der Waals surface area contributed by atoms with Crippen LogP contribution in [0, 0.1) is 6.92 Å². The quantitative estimate of drug-likeness (QED) is 0.672. The molecule has 2 heterocycles. The SMILES string of the molecule is Cc1cc(=O)c(C(=O)N2CCNC(=O)C2)c[nH]1. The van der Waals surface area contributed by atoms with Crippen LogP contribution in [0.1, 0.15) is 16.1 Å². The van der Waals surface area contributed by atoms with Crippen molar-refractivity contribution in [1.29, 1.82) is 0 Å². The number of amides is 2. The molecule has 0 unspecified atom stereocenters. The first-order chi connectivity index (χ1) is 8.08. The Hall–Kier alpha value is -2.11. The van der Waals surface area contributed by atoms with Crippen LogP contribution < -0.4 is 10.7 Å². The first kappa shape index (κ1) is 11.4. The van der Waals surface area contributed by atoms with Crippen LogP contribution in [0.3, 0.4) is 0 Å². The van der Waals surface area contributed by atoms with E-state index < -0.39 is 5.91 Å². The highest BCUT2D eigenvalue weighted by atomic mass is 16.2. The van der Waals surface area contributed by atoms with Crippen LogP contribution in [0.2, 0.25) is 0 Å². The van der Waals surface area contributed by atoms with E-state index in [0.29, 0.717) is 18.8 Å². The molecule has 0 radical (unpaired) electrons. The van der Waals surface area contributed by atoms with Gasteiger partial charge in [0.2, 0.25) is 5.91 Å². The summed E-state index contributed by atoms with van der Waals surface area (Å²) in [4.78, 5) is 39.0. The van der Waals surface area contributed by atoms with Gasteiger partial charge in [0.15, 0.2) is 5.43 Å². The van der Waals surface area contributed by atoms with E-state index in [-0.39, 0.29) is 23.4 Å². The summed E-state index contributed by atoms with van der Waals surface area (Å²) in [6.07, 6.45) is 1.40. The Bertz CT molecular complexity index is 521. The minimum Gasteiger partial charge on any atom is -0.364 e. The lowest BCUT2D eigenvalue weighted by molar-refractivity contribution is -0.123. The van der Waals surface area contributed by atoms with E-state index in [1.807, 2.05) is 0 Å². The number of carbonyl (C=O) groups excluding carboxylic acids is 2. The number of hydrogen-bond donors (Lipinski definition) is 2. The number of H-pyrrole nitrogens is 1. The molecule has 1 aliphatic rings. The molecule has 0 aromatic carbocycles. The van der Waals surface area contributed by atoms with Crippen molar-refractivity contribution in [2.75, 3.05) is 19.6 Å². The minimum atomic E-state index is -0.402. The van der Waals surface area contributed by atoms with E-state index in [1.165, 1.54) is 17.2 Å². The Morgan fingerprint density at radius 2 is 2.18 bits per heavy atom. The highest BCUT2D eigenvalue weighted by Gasteiger charge is 2.23. The van der Waals surface area contributed by atoms with Crippen LogP contribution in [0.15, 0.2) is 17.1 Å². The molecule has 17 heavy (non-hydrogen) atoms. The molecule has 6 nitrogen and oxygen atoms in total. The number of rotatable bonds is 1. The Kier molecular flexibility index (Phi) is 2.95. The fourth-order valence-electron chi connectivity index (χ4n) is 1.72. The van der Waals surface area contributed by atoms with Crippen molar-refractivity contribution >= 4 is 11.8 Å². The molecule has 1 aromatic rings. The number of piperazine rings is 1. The number of aromatic amines is 1. The molecule has 2 rings (SSSR count). The van der Waals surface area contributed by atoms with Gasteiger partial charge in [-0.25, -0.2) is 0 Å². The van der Waals surface area contributed by atoms with E-state index in [4.69, 9.17) is 0 Å². The maximum absolute atomic E-state index is 12.0. The summed E-state index contributed by atoms with van der Waals surface area (Å²) in [6, 6.07) is 1.37. The number of hydrogen-bond acceptors (Lipinski definition) is 3. The largest absolute Gasteiger partial charge is 0.364 e. The predicted octanol–water partition coefficient (Wildman–Crippen LogP) is -0.745. The molecule has 0 bridgehead atoms. The van der Waals surface area contributed by atoms with Crippen LogP contribution in [-0.2, 0) is 4.79 Å². The van der Waals surface area contributed by atoms with E-state index in [9.17, 15) is 14.4 Å². The molecule has 6 heteroatoms. The van der Waals surface area contributed by atoms with Crippen LogP contribution in [-0.4, -0.2) is 41.3 Å². The predicted molar refractivity (Wildman–Crippen MR) is 60.7 cm³/mol. The van der Waals surface area contributed by atoms with Gasteiger partial charge < -0.3 is 15.2 Å². The van der Waals surface area contributed by atoms with Gasteiger partial charge in [0.05, 0.1) is 6.54 Å². The van der Waals surface area contributed by atoms with Gasteiger partial charge in [-0.2, -0.15) is 0 Å². The van der Waals surface area contributed by atoms with Crippen molar-refractivity contribution in [2.45, 2.75) is 6.92 Å². The van der Waals surface area contributed by atoms with E-state index >= 15 is 0 Å². The number of nitrogens with zero attached hydrogens (tertiary/aromatic N) is 1. The monoisotopic (exact) mass is 235 g/mol. The molecule has 1 saturated heterocycles. The molecular formula is C11H13N3O3. The number of aromatic nitrogens is 1. The van der Waals surface area contributed by atoms with Crippen LogP contribution in [0.5, 0.6) is 0 Å². The average molecular weight is 235 g/mol. The molecule has 0 saturated carbocycles. The summed E-state index contributed by atoms with van der Waals surface area (Å²) in [6.45, 7) is 2.60. The lowest BCUT2D eigenvalue weighted by atomic mass is 10.2. The fourth-order valence-corrected chi connectivity index (χ4v) is 1.72. The molecule has 0 aliphatic carbocycles. The van der Waals surface area contributed by atoms with E-state index in [0.717, 1.165) is 0 Å². The summed E-state index contributed by atoms with van der Waals surface area (Å²) in [5, 5.41) is 2.62. The van der Waals surface area contributed by atoms with Crippen molar-refractivity contribution in [1.82, 2.24) is 15.2 Å². The number of carbonyl (C=O) groups is 2. The van der Waals surface area contributed by atoms with Gasteiger partial charge in [0.1, 0.15) is 5.56 Å². The molecule has 1 fully saturated rings. The van der Waals surface area contributed by atoms with Crippen LogP contribution in [0.4, 0.5) is 0 Å². The maximum atomic E-state index is 12.0. The molecule has 0 spiro atoms. The summed E-state index contributed by atoms with van der Waals surface area (Å²) in [5.74, 6) is -0.603. The molecule has 1 aliphatic heterocycles. The maximum Gasteiger partial charge on any atom is 0.259 e. The smallest absolute Gasteiger partial charge is 0.259 e. The Labute approximate surface area is 97.6 Å². The zero-order chi connectivity index (χ0) is 12.4. The molecular weight excluding hydrogens is 222 g/mol. The van der Waals surface area contributed by atoms with Crippen molar-refractivity contribution in [3.8, 4) is 0 Å². The van der Waals surface area contributed by atoms with Crippen molar-refractivity contribution in [2.24, 2.45) is 0 Å². The van der Waals surface area contributed by atoms with Crippen molar-refractivity contribution in [3.05, 3.63) is 33.7 Å². The average Bonchev–Trinajstić information content (AvgIpc) is 2.28. The fraction of sp³-hybridized carbons (Fsp3) is 0.364. The number of pyridine rings is 1. The van der Waals surface area contributed by atoms with Crippen LogP contribution in [0.25, 0.3) is 0 Å². The second kappa shape index (κ2) is 4.40. The molecule has 2 amide bonds. The van der Waals surface area contributed by atoms with E-state index in [1.54, 1.807) is 6.92 Å². The van der Waals surface area contributed by atoms with Gasteiger partial charge in [-0.1, -0.05) is 0 Å². The zero-order valence-corrected chi connectivity index (χ0v) is 9.45. The third-order valence-electron chi connectivity index (χ3n) is 2.61. The molecule has 2 N–H and O–H groups in total. The number of aryl methyl sites for hydroxylation is 1. The summed E-state index contributed by atoms with van der Waals surface area (Å²) in [5.41, 5.74) is 0.450. The topological polar surface area (TPSA) is 82.3 Å². The van der Waals surface area contributed by atoms with Gasteiger partial charge in [0.25, 0.3) is 5.91 Å². The van der Waals surface area contributed by atoms with Gasteiger partial charge >= 0.3 is 0 Å². The third kappa shape index (κ3) is 2.35. The molecule has 0 atom stereocenters. The van der Waals surface area contributed by atoms with E-state index in [2.05, 4.69) is 10.3 Å². The standard InChI is InChI=1S/C11H13N3O3/c1-7-4-9(15)8(5-13-7)11(17)14-3-2-12-10(16)6-14/h4-5H,2-3,6H2,1H3,(H,12,16)(H,13,15). The summed E-state index contributed by atoms with van der Waals surface area (Å²) >= 11 is 0. The highest BCUT2D eigenvalue weighted by molar-refractivity contribution is 5.96. The Morgan fingerprint density at radius 3 is 2.82 bits per heavy atom. The third-order valence-corrected chi connectivity index (χ3v) is 2.61. The van der Waals surface area contributed by atoms with Gasteiger partial charge in [-0.3, -0.25) is 14.4 Å². The second-order valence-electron chi connectivity index (χ2n) is 3.97. The lowest BCUT2D eigenvalue weighted by Gasteiger charge is -2.26. The van der Waals surface area contributed by atoms with Gasteiger partial charge in [-0.15, -0.1) is 0 Å². The first-order valence-corrected chi connectivity index (χ1v) is 5.33. The van der Waals surface area contributed by atoms with Gasteiger partial charge in [-0.05, 0) is 6.92 Å². The second-order valence-corrected chi connectivity index (χ2v) is 3.97. The first-order valence-electron chi connectivity index (χ1n) is 5.33. The molecule has 90 valence electrons. The highest BCUT2D eigenvalue weighted by Crippen LogP contribution is 2.02. The lowest BCUT2D eigenvalue weighted by Crippen LogP contribution is -2.50. The summed E-state index contributed by atoms with van der Waals surface area (Å²) < 4.78 is 0. The Balaban J connectivity index is 2.24. The number of nitrogens with one attached hydrogen (secondary N) is 2. The Morgan fingerprint density at radius 1 is 1.41 bits per heavy atom. The minimum absolute atomic E-state index is 0.00610. The zero-order valence-electron chi connectivity index (χ0n) is 9.45. The van der Waals surface area contributed by atoms with Gasteiger partial charge in [0, 0.05) is 31.0 Å². The normalized spacial score (nSPS) is 15.6.